The number of hydrogen-bond acceptors (Lipinski definition) is 6. The van der Waals surface area contributed by atoms with Crippen LogP contribution in [0.25, 0.3) is 0 Å². The smallest absolute Gasteiger partial charge is 0.326 e. The van der Waals surface area contributed by atoms with E-state index in [0.29, 0.717) is 23.6 Å². The minimum absolute atomic E-state index is 0.184. The second kappa shape index (κ2) is 10.7. The van der Waals surface area contributed by atoms with Crippen molar-refractivity contribution in [2.45, 2.75) is 51.7 Å². The lowest BCUT2D eigenvalue weighted by Crippen LogP contribution is -2.48. The summed E-state index contributed by atoms with van der Waals surface area (Å²) in [6.07, 6.45) is 3.05. The lowest BCUT2D eigenvalue weighted by atomic mass is 9.99. The second-order valence-corrected chi connectivity index (χ2v) is 6.97. The summed E-state index contributed by atoms with van der Waals surface area (Å²) in [5.74, 6) is -0.391. The minimum Gasteiger partial charge on any atom is -0.493 e. The van der Waals surface area contributed by atoms with Gasteiger partial charge in [-0.1, -0.05) is 6.92 Å². The second-order valence-electron chi connectivity index (χ2n) is 6.97. The number of piperidine rings is 1. The van der Waals surface area contributed by atoms with Crippen molar-refractivity contribution in [2.24, 2.45) is 0 Å². The van der Waals surface area contributed by atoms with Crippen molar-refractivity contribution in [3.05, 3.63) is 23.8 Å². The van der Waals surface area contributed by atoms with Crippen LogP contribution in [-0.2, 0) is 14.3 Å². The van der Waals surface area contributed by atoms with Gasteiger partial charge in [0.25, 0.3) is 11.8 Å². The Bertz CT molecular complexity index is 736. The molecule has 2 rings (SSSR count). The van der Waals surface area contributed by atoms with Crippen molar-refractivity contribution in [1.29, 1.82) is 0 Å². The molecule has 1 heterocycles. The fourth-order valence-corrected chi connectivity index (χ4v) is 3.47. The van der Waals surface area contributed by atoms with Crippen LogP contribution in [-0.4, -0.2) is 62.1 Å². The number of carbonyl (C=O) groups is 3. The predicted octanol–water partition coefficient (Wildman–Crippen LogP) is 2.16. The Labute approximate surface area is 171 Å². The maximum Gasteiger partial charge on any atom is 0.326 e. The lowest BCUT2D eigenvalue weighted by Gasteiger charge is -2.36. The molecule has 1 N–H and O–H groups in total. The van der Waals surface area contributed by atoms with Crippen LogP contribution in [0.1, 0.15) is 49.9 Å². The summed E-state index contributed by atoms with van der Waals surface area (Å²) in [6, 6.07) is 4.89. The highest BCUT2D eigenvalue weighted by Gasteiger charge is 2.30. The number of nitrogens with zero attached hydrogens (tertiary/aromatic N) is 1. The van der Waals surface area contributed by atoms with Crippen molar-refractivity contribution in [1.82, 2.24) is 10.2 Å². The molecule has 2 amide bonds. The summed E-state index contributed by atoms with van der Waals surface area (Å²) < 4.78 is 15.5. The van der Waals surface area contributed by atoms with Gasteiger partial charge < -0.3 is 24.4 Å². The average molecular weight is 406 g/mol. The first kappa shape index (κ1) is 22.5. The highest BCUT2D eigenvalue weighted by atomic mass is 16.5. The Hall–Kier alpha value is -2.77. The maximum absolute atomic E-state index is 12.6. The molecule has 8 heteroatoms. The molecule has 0 saturated carbocycles. The van der Waals surface area contributed by atoms with Gasteiger partial charge in [0.05, 0.1) is 14.2 Å². The van der Waals surface area contributed by atoms with Gasteiger partial charge in [0, 0.05) is 18.2 Å². The zero-order chi connectivity index (χ0) is 21.4. The number of esters is 1. The Morgan fingerprint density at radius 3 is 2.55 bits per heavy atom. The average Bonchev–Trinajstić information content (AvgIpc) is 2.76. The first-order valence-electron chi connectivity index (χ1n) is 9.91. The van der Waals surface area contributed by atoms with Gasteiger partial charge in [0.1, 0.15) is 6.54 Å². The van der Waals surface area contributed by atoms with Crippen molar-refractivity contribution < 1.29 is 28.6 Å². The van der Waals surface area contributed by atoms with E-state index in [1.165, 1.54) is 20.3 Å². The molecule has 1 aromatic rings. The summed E-state index contributed by atoms with van der Waals surface area (Å²) in [4.78, 5) is 38.8. The van der Waals surface area contributed by atoms with Gasteiger partial charge in [-0.25, -0.2) is 0 Å². The number of nitrogens with one attached hydrogen (secondary N) is 1. The first-order chi connectivity index (χ1) is 13.9. The third kappa shape index (κ3) is 5.85. The van der Waals surface area contributed by atoms with Crippen LogP contribution in [0, 0.1) is 0 Å². The van der Waals surface area contributed by atoms with Crippen LogP contribution in [0.3, 0.4) is 0 Å². The summed E-state index contributed by atoms with van der Waals surface area (Å²) in [5.41, 5.74) is 0.318. The molecule has 0 bridgehead atoms. The molecular formula is C21H30N2O6. The molecule has 2 unspecified atom stereocenters. The van der Waals surface area contributed by atoms with Gasteiger partial charge in [0.15, 0.2) is 17.6 Å². The number of methoxy groups -OCH3 is 2. The molecule has 1 aliphatic rings. The molecule has 2 atom stereocenters. The van der Waals surface area contributed by atoms with Crippen LogP contribution >= 0.6 is 0 Å². The van der Waals surface area contributed by atoms with E-state index >= 15 is 0 Å². The van der Waals surface area contributed by atoms with Gasteiger partial charge in [-0.2, -0.15) is 0 Å². The number of rotatable bonds is 8. The fourth-order valence-electron chi connectivity index (χ4n) is 3.47. The molecule has 1 fully saturated rings. The Morgan fingerprint density at radius 1 is 1.17 bits per heavy atom. The summed E-state index contributed by atoms with van der Waals surface area (Å²) in [7, 11) is 2.98. The third-order valence-corrected chi connectivity index (χ3v) is 5.08. The van der Waals surface area contributed by atoms with Gasteiger partial charge in [-0.15, -0.1) is 0 Å². The number of amides is 2. The molecule has 1 aromatic carbocycles. The lowest BCUT2D eigenvalue weighted by molar-refractivity contribution is -0.160. The third-order valence-electron chi connectivity index (χ3n) is 5.08. The number of carbonyl (C=O) groups excluding carboxylic acids is 3. The van der Waals surface area contributed by atoms with E-state index in [0.717, 1.165) is 25.7 Å². The Balaban J connectivity index is 1.87. The molecule has 1 aliphatic heterocycles. The molecule has 0 spiro atoms. The van der Waals surface area contributed by atoms with E-state index in [9.17, 15) is 14.4 Å². The molecule has 0 aromatic heterocycles. The van der Waals surface area contributed by atoms with E-state index < -0.39 is 18.0 Å². The number of hydrogen-bond donors (Lipinski definition) is 1. The van der Waals surface area contributed by atoms with Crippen molar-refractivity contribution >= 4 is 17.8 Å². The minimum atomic E-state index is -0.882. The molecule has 0 aliphatic carbocycles. The predicted molar refractivity (Wildman–Crippen MR) is 107 cm³/mol. The van der Waals surface area contributed by atoms with E-state index in [-0.39, 0.29) is 18.5 Å². The zero-order valence-corrected chi connectivity index (χ0v) is 17.5. The monoisotopic (exact) mass is 406 g/mol. The standard InChI is InChI=1S/C21H30N2O6/c1-5-16-8-6-7-11-23(16)21(26)14(2)29-19(24)13-22-20(25)15-9-10-17(27-3)18(12-15)28-4/h9-10,12,14,16H,5-8,11,13H2,1-4H3,(H,22,25). The molecule has 8 nitrogen and oxygen atoms in total. The summed E-state index contributed by atoms with van der Waals surface area (Å²) in [5, 5.41) is 2.50. The van der Waals surface area contributed by atoms with Gasteiger partial charge in [0.2, 0.25) is 0 Å². The van der Waals surface area contributed by atoms with Crippen LogP contribution in [0.15, 0.2) is 18.2 Å². The summed E-state index contributed by atoms with van der Waals surface area (Å²) >= 11 is 0. The Kier molecular flexibility index (Phi) is 8.30. The highest BCUT2D eigenvalue weighted by Crippen LogP contribution is 2.27. The van der Waals surface area contributed by atoms with Crippen molar-refractivity contribution in [2.75, 3.05) is 27.3 Å². The SMILES string of the molecule is CCC1CCCCN1C(=O)C(C)OC(=O)CNC(=O)c1ccc(OC)c(OC)c1. The van der Waals surface area contributed by atoms with Crippen LogP contribution in [0.5, 0.6) is 11.5 Å². The molecule has 29 heavy (non-hydrogen) atoms. The maximum atomic E-state index is 12.6. The molecule has 160 valence electrons. The van der Waals surface area contributed by atoms with E-state index in [1.807, 2.05) is 4.90 Å². The van der Waals surface area contributed by atoms with E-state index in [1.54, 1.807) is 19.1 Å². The van der Waals surface area contributed by atoms with Crippen LogP contribution < -0.4 is 14.8 Å². The number of ether oxygens (including phenoxy) is 3. The highest BCUT2D eigenvalue weighted by molar-refractivity contribution is 5.96. The normalized spacial score (nSPS) is 17.2. The quantitative estimate of drug-likeness (QED) is 0.665. The van der Waals surface area contributed by atoms with Gasteiger partial charge in [-0.3, -0.25) is 14.4 Å². The zero-order valence-electron chi connectivity index (χ0n) is 17.5. The topological polar surface area (TPSA) is 94.2 Å². The molecule has 0 radical (unpaired) electrons. The van der Waals surface area contributed by atoms with Crippen LogP contribution in [0.4, 0.5) is 0 Å². The van der Waals surface area contributed by atoms with Crippen molar-refractivity contribution in [3.8, 4) is 11.5 Å². The molecular weight excluding hydrogens is 376 g/mol. The van der Waals surface area contributed by atoms with Crippen molar-refractivity contribution in [3.63, 3.8) is 0 Å². The molecule has 1 saturated heterocycles. The Morgan fingerprint density at radius 2 is 1.90 bits per heavy atom. The van der Waals surface area contributed by atoms with Gasteiger partial charge >= 0.3 is 5.97 Å². The van der Waals surface area contributed by atoms with E-state index in [2.05, 4.69) is 12.2 Å². The number of benzene rings is 1. The van der Waals surface area contributed by atoms with Gasteiger partial charge in [-0.05, 0) is 50.8 Å². The fraction of sp³-hybridized carbons (Fsp3) is 0.571. The van der Waals surface area contributed by atoms with E-state index in [4.69, 9.17) is 14.2 Å². The number of likely N-dealkylation sites (tertiary alicyclic amines) is 1. The first-order valence-corrected chi connectivity index (χ1v) is 9.91. The largest absolute Gasteiger partial charge is 0.493 e. The van der Waals surface area contributed by atoms with Crippen LogP contribution in [0.2, 0.25) is 0 Å². The summed E-state index contributed by atoms with van der Waals surface area (Å²) in [6.45, 7) is 3.98.